The molecule has 0 N–H and O–H groups in total. The van der Waals surface area contributed by atoms with Crippen LogP contribution in [0.25, 0.3) is 0 Å². The van der Waals surface area contributed by atoms with E-state index in [-0.39, 0.29) is 16.6 Å². The summed E-state index contributed by atoms with van der Waals surface area (Å²) < 4.78 is 0. The Balaban J connectivity index is 1.77. The van der Waals surface area contributed by atoms with Crippen molar-refractivity contribution in [3.8, 4) is 0 Å². The highest BCUT2D eigenvalue weighted by Gasteiger charge is 2.61. The average molecular weight is 326 g/mol. The van der Waals surface area contributed by atoms with Gasteiger partial charge in [-0.2, -0.15) is 0 Å². The molecule has 0 aliphatic heterocycles. The minimum absolute atomic E-state index is 0.0437. The zero-order valence-electron chi connectivity index (χ0n) is 15.5. The van der Waals surface area contributed by atoms with E-state index < -0.39 is 0 Å². The van der Waals surface area contributed by atoms with E-state index in [0.29, 0.717) is 29.5 Å². The SMILES string of the molecule is CC[C@H]1CC(=O)[C@@]2(C)CC[C@H]3[C@@H](CCC4=CC(=O)C=C(C)[C@@]43C)[C@H]12. The molecule has 130 valence electrons. The Kier molecular flexibility index (Phi) is 3.50. The van der Waals surface area contributed by atoms with Crippen molar-refractivity contribution in [2.75, 3.05) is 0 Å². The molecule has 0 heterocycles. The van der Waals surface area contributed by atoms with E-state index in [1.165, 1.54) is 11.1 Å². The standard InChI is InChI=1S/C22H30O2/c1-5-14-11-19(24)21(3)9-8-18-17(20(14)21)7-6-15-12-16(23)10-13(2)22(15,18)4/h10,12,14,17-18,20H,5-9,11H2,1-4H3/t14-,17+,18-,20-,21+,22-/m0/s1. The van der Waals surface area contributed by atoms with Gasteiger partial charge >= 0.3 is 0 Å². The van der Waals surface area contributed by atoms with Crippen molar-refractivity contribution in [3.63, 3.8) is 0 Å². The number of ketones is 2. The summed E-state index contributed by atoms with van der Waals surface area (Å²) in [6.07, 6.45) is 10.1. The van der Waals surface area contributed by atoms with Crippen LogP contribution in [0.4, 0.5) is 0 Å². The van der Waals surface area contributed by atoms with Gasteiger partial charge in [-0.05, 0) is 68.4 Å². The third-order valence-corrected chi connectivity index (χ3v) is 8.46. The van der Waals surface area contributed by atoms with E-state index in [4.69, 9.17) is 0 Å². The summed E-state index contributed by atoms with van der Waals surface area (Å²) in [4.78, 5) is 24.8. The average Bonchev–Trinajstić information content (AvgIpc) is 2.80. The first-order valence-electron chi connectivity index (χ1n) is 9.79. The fourth-order valence-electron chi connectivity index (χ4n) is 7.01. The molecule has 0 spiro atoms. The quantitative estimate of drug-likeness (QED) is 0.687. The Morgan fingerprint density at radius 3 is 2.62 bits per heavy atom. The maximum atomic E-state index is 12.8. The smallest absolute Gasteiger partial charge is 0.178 e. The van der Waals surface area contributed by atoms with Gasteiger partial charge in [0.2, 0.25) is 0 Å². The molecule has 0 aromatic heterocycles. The summed E-state index contributed by atoms with van der Waals surface area (Å²) in [7, 11) is 0. The zero-order valence-corrected chi connectivity index (χ0v) is 15.5. The third-order valence-electron chi connectivity index (χ3n) is 8.46. The fourth-order valence-corrected chi connectivity index (χ4v) is 7.01. The molecule has 2 nitrogen and oxygen atoms in total. The summed E-state index contributed by atoms with van der Waals surface area (Å²) in [5, 5.41) is 0. The number of carbonyl (C=O) groups excluding carboxylic acids is 2. The van der Waals surface area contributed by atoms with Crippen LogP contribution in [0.1, 0.15) is 66.2 Å². The molecular weight excluding hydrogens is 296 g/mol. The maximum absolute atomic E-state index is 12.8. The van der Waals surface area contributed by atoms with E-state index in [2.05, 4.69) is 27.7 Å². The Morgan fingerprint density at radius 2 is 1.92 bits per heavy atom. The van der Waals surface area contributed by atoms with Crippen LogP contribution in [0, 0.1) is 34.5 Å². The minimum Gasteiger partial charge on any atom is -0.299 e. The Hall–Kier alpha value is -1.18. The molecule has 4 rings (SSSR count). The molecule has 4 aliphatic rings. The zero-order chi connectivity index (χ0) is 17.3. The molecule has 2 heteroatoms. The van der Waals surface area contributed by atoms with Crippen LogP contribution in [-0.2, 0) is 9.59 Å². The van der Waals surface area contributed by atoms with E-state index in [1.807, 2.05) is 12.2 Å². The maximum Gasteiger partial charge on any atom is 0.178 e. The second kappa shape index (κ2) is 5.16. The second-order valence-corrected chi connectivity index (χ2v) is 9.19. The molecule has 0 saturated heterocycles. The van der Waals surface area contributed by atoms with E-state index in [9.17, 15) is 9.59 Å². The van der Waals surface area contributed by atoms with Crippen LogP contribution in [0.15, 0.2) is 23.3 Å². The lowest BCUT2D eigenvalue weighted by molar-refractivity contribution is -0.132. The molecule has 0 amide bonds. The molecule has 0 unspecified atom stereocenters. The van der Waals surface area contributed by atoms with Crippen molar-refractivity contribution in [1.29, 1.82) is 0 Å². The van der Waals surface area contributed by atoms with Crippen molar-refractivity contribution in [1.82, 2.24) is 0 Å². The third kappa shape index (κ3) is 1.89. The lowest BCUT2D eigenvalue weighted by Gasteiger charge is -2.57. The first kappa shape index (κ1) is 16.3. The predicted molar refractivity (Wildman–Crippen MR) is 95.4 cm³/mol. The van der Waals surface area contributed by atoms with Gasteiger partial charge in [0, 0.05) is 17.3 Å². The Labute approximate surface area is 145 Å². The number of allylic oxidation sites excluding steroid dienone is 4. The normalized spacial score (nSPS) is 47.5. The second-order valence-electron chi connectivity index (χ2n) is 9.19. The van der Waals surface area contributed by atoms with Gasteiger partial charge in [-0.25, -0.2) is 0 Å². The van der Waals surface area contributed by atoms with E-state index >= 15 is 0 Å². The molecule has 24 heavy (non-hydrogen) atoms. The topological polar surface area (TPSA) is 34.1 Å². The van der Waals surface area contributed by atoms with E-state index in [0.717, 1.165) is 38.5 Å². The first-order chi connectivity index (χ1) is 11.3. The highest BCUT2D eigenvalue weighted by atomic mass is 16.1. The summed E-state index contributed by atoms with van der Waals surface area (Å²) in [5.41, 5.74) is 2.57. The van der Waals surface area contributed by atoms with Crippen LogP contribution < -0.4 is 0 Å². The van der Waals surface area contributed by atoms with Crippen molar-refractivity contribution >= 4 is 11.6 Å². The molecule has 3 saturated carbocycles. The van der Waals surface area contributed by atoms with E-state index in [1.54, 1.807) is 0 Å². The summed E-state index contributed by atoms with van der Waals surface area (Å²) >= 11 is 0. The largest absolute Gasteiger partial charge is 0.299 e. The number of hydrogen-bond donors (Lipinski definition) is 0. The monoisotopic (exact) mass is 326 g/mol. The van der Waals surface area contributed by atoms with Gasteiger partial charge in [0.25, 0.3) is 0 Å². The minimum atomic E-state index is -0.0818. The van der Waals surface area contributed by atoms with Crippen molar-refractivity contribution < 1.29 is 9.59 Å². The number of hydrogen-bond acceptors (Lipinski definition) is 2. The van der Waals surface area contributed by atoms with Crippen molar-refractivity contribution in [2.45, 2.75) is 66.2 Å². The number of fused-ring (bicyclic) bond motifs is 5. The first-order valence-corrected chi connectivity index (χ1v) is 9.79. The Bertz CT molecular complexity index is 669. The highest BCUT2D eigenvalue weighted by Crippen LogP contribution is 2.66. The Morgan fingerprint density at radius 1 is 1.17 bits per heavy atom. The van der Waals surface area contributed by atoms with Crippen LogP contribution in [0.2, 0.25) is 0 Å². The summed E-state index contributed by atoms with van der Waals surface area (Å²) in [6, 6.07) is 0. The molecule has 6 atom stereocenters. The van der Waals surface area contributed by atoms with Crippen LogP contribution >= 0.6 is 0 Å². The summed E-state index contributed by atoms with van der Waals surface area (Å²) in [5.74, 6) is 3.05. The number of carbonyl (C=O) groups is 2. The lowest BCUT2D eigenvalue weighted by Crippen LogP contribution is -2.51. The van der Waals surface area contributed by atoms with Crippen LogP contribution in [0.3, 0.4) is 0 Å². The highest BCUT2D eigenvalue weighted by molar-refractivity contribution is 6.02. The molecule has 3 fully saturated rings. The van der Waals surface area contributed by atoms with Crippen LogP contribution in [-0.4, -0.2) is 11.6 Å². The van der Waals surface area contributed by atoms with Gasteiger partial charge in [-0.1, -0.05) is 38.3 Å². The predicted octanol–water partition coefficient (Wildman–Crippen LogP) is 4.89. The van der Waals surface area contributed by atoms with Crippen molar-refractivity contribution in [2.24, 2.45) is 34.5 Å². The van der Waals surface area contributed by atoms with Gasteiger partial charge in [0.1, 0.15) is 5.78 Å². The van der Waals surface area contributed by atoms with Gasteiger partial charge in [0.05, 0.1) is 0 Å². The van der Waals surface area contributed by atoms with Gasteiger partial charge in [-0.15, -0.1) is 0 Å². The van der Waals surface area contributed by atoms with Gasteiger partial charge < -0.3 is 0 Å². The van der Waals surface area contributed by atoms with Gasteiger partial charge in [0.15, 0.2) is 5.78 Å². The molecule has 4 aliphatic carbocycles. The lowest BCUT2D eigenvalue weighted by atomic mass is 9.46. The van der Waals surface area contributed by atoms with Crippen molar-refractivity contribution in [3.05, 3.63) is 23.3 Å². The summed E-state index contributed by atoms with van der Waals surface area (Å²) in [6.45, 7) is 9.03. The molecule has 0 aromatic carbocycles. The molecule has 0 radical (unpaired) electrons. The fraction of sp³-hybridized carbons (Fsp3) is 0.727. The molecule has 0 aromatic rings. The number of Topliss-reactive ketones (excluding diaryl/α,β-unsaturated/α-hetero) is 1. The molecule has 0 bridgehead atoms. The van der Waals surface area contributed by atoms with Gasteiger partial charge in [-0.3, -0.25) is 9.59 Å². The number of rotatable bonds is 1. The molecular formula is C22H30O2. The van der Waals surface area contributed by atoms with Crippen LogP contribution in [0.5, 0.6) is 0 Å².